The summed E-state index contributed by atoms with van der Waals surface area (Å²) in [6, 6.07) is 5.50. The number of benzene rings is 1. The van der Waals surface area contributed by atoms with Crippen molar-refractivity contribution in [3.63, 3.8) is 0 Å². The SMILES string of the molecule is Br.NCc1ncc(-c2ccc(OC(F)(F)F)cc2)[nH]1. The number of hydrogen-bond donors (Lipinski definition) is 2. The summed E-state index contributed by atoms with van der Waals surface area (Å²) in [6.07, 6.45) is -3.11. The van der Waals surface area contributed by atoms with Gasteiger partial charge in [-0.25, -0.2) is 4.98 Å². The van der Waals surface area contributed by atoms with Crippen LogP contribution in [0.2, 0.25) is 0 Å². The third-order valence-electron chi connectivity index (χ3n) is 2.22. The largest absolute Gasteiger partial charge is 0.573 e. The van der Waals surface area contributed by atoms with Crippen molar-refractivity contribution in [2.24, 2.45) is 5.73 Å². The third kappa shape index (κ3) is 4.25. The number of nitrogens with one attached hydrogen (secondary N) is 1. The summed E-state index contributed by atoms with van der Waals surface area (Å²) < 4.78 is 39.7. The maximum absolute atomic E-state index is 12.0. The van der Waals surface area contributed by atoms with Crippen LogP contribution in [0.4, 0.5) is 13.2 Å². The van der Waals surface area contributed by atoms with E-state index in [2.05, 4.69) is 14.7 Å². The summed E-state index contributed by atoms with van der Waals surface area (Å²) in [6.45, 7) is 0.273. The molecule has 1 aromatic heterocycles. The molecule has 0 amide bonds. The summed E-state index contributed by atoms with van der Waals surface area (Å²) in [4.78, 5) is 6.95. The normalized spacial score (nSPS) is 10.9. The minimum absolute atomic E-state index is 0. The fraction of sp³-hybridized carbons (Fsp3) is 0.182. The highest BCUT2D eigenvalue weighted by atomic mass is 79.9. The van der Waals surface area contributed by atoms with Gasteiger partial charge >= 0.3 is 6.36 Å². The second-order valence-electron chi connectivity index (χ2n) is 3.52. The molecule has 3 N–H and O–H groups in total. The Labute approximate surface area is 117 Å². The first kappa shape index (κ1) is 15.5. The number of aromatic amines is 1. The molecule has 0 saturated heterocycles. The van der Waals surface area contributed by atoms with E-state index in [0.29, 0.717) is 17.1 Å². The van der Waals surface area contributed by atoms with Crippen LogP contribution in [-0.2, 0) is 6.54 Å². The molecule has 8 heteroatoms. The van der Waals surface area contributed by atoms with Gasteiger partial charge in [-0.1, -0.05) is 0 Å². The van der Waals surface area contributed by atoms with Gasteiger partial charge in [-0.2, -0.15) is 0 Å². The van der Waals surface area contributed by atoms with Crippen LogP contribution in [0.25, 0.3) is 11.3 Å². The predicted octanol–water partition coefficient (Wildman–Crippen LogP) is 3.01. The number of rotatable bonds is 3. The van der Waals surface area contributed by atoms with E-state index < -0.39 is 6.36 Å². The smallest absolute Gasteiger partial charge is 0.406 e. The second-order valence-corrected chi connectivity index (χ2v) is 3.52. The zero-order valence-corrected chi connectivity index (χ0v) is 11.3. The van der Waals surface area contributed by atoms with E-state index in [1.165, 1.54) is 24.3 Å². The molecule has 104 valence electrons. The average Bonchev–Trinajstić information content (AvgIpc) is 2.76. The lowest BCUT2D eigenvalue weighted by Gasteiger charge is -2.08. The molecule has 0 atom stereocenters. The highest BCUT2D eigenvalue weighted by Crippen LogP contribution is 2.25. The molecule has 0 unspecified atom stereocenters. The van der Waals surface area contributed by atoms with Crippen molar-refractivity contribution >= 4 is 17.0 Å². The summed E-state index contributed by atoms with van der Waals surface area (Å²) in [5, 5.41) is 0. The molecule has 0 spiro atoms. The molecule has 0 aliphatic rings. The van der Waals surface area contributed by atoms with Gasteiger partial charge in [0.2, 0.25) is 0 Å². The van der Waals surface area contributed by atoms with Gasteiger partial charge in [0.1, 0.15) is 11.6 Å². The monoisotopic (exact) mass is 337 g/mol. The summed E-state index contributed by atoms with van der Waals surface area (Å²) in [5.74, 6) is 0.352. The van der Waals surface area contributed by atoms with Crippen LogP contribution < -0.4 is 10.5 Å². The fourth-order valence-corrected chi connectivity index (χ4v) is 1.45. The Hall–Kier alpha value is -1.54. The van der Waals surface area contributed by atoms with Crippen LogP contribution in [0.15, 0.2) is 30.5 Å². The van der Waals surface area contributed by atoms with Crippen molar-refractivity contribution in [3.05, 3.63) is 36.3 Å². The lowest BCUT2D eigenvalue weighted by molar-refractivity contribution is -0.274. The number of hydrogen-bond acceptors (Lipinski definition) is 3. The van der Waals surface area contributed by atoms with Crippen LogP contribution in [0.3, 0.4) is 0 Å². The van der Waals surface area contributed by atoms with Gasteiger partial charge in [0.05, 0.1) is 18.4 Å². The topological polar surface area (TPSA) is 63.9 Å². The molecule has 0 bridgehead atoms. The molecule has 0 aliphatic heterocycles. The molecule has 19 heavy (non-hydrogen) atoms. The van der Waals surface area contributed by atoms with Crippen LogP contribution in [-0.4, -0.2) is 16.3 Å². The number of ether oxygens (including phenoxy) is 1. The van der Waals surface area contributed by atoms with E-state index in [-0.39, 0.29) is 29.3 Å². The van der Waals surface area contributed by atoms with Gasteiger partial charge in [0, 0.05) is 0 Å². The molecule has 1 heterocycles. The minimum atomic E-state index is -4.68. The van der Waals surface area contributed by atoms with Crippen LogP contribution in [0.5, 0.6) is 5.75 Å². The molecule has 2 rings (SSSR count). The Morgan fingerprint density at radius 2 is 1.84 bits per heavy atom. The first-order valence-corrected chi connectivity index (χ1v) is 5.08. The van der Waals surface area contributed by atoms with Crippen molar-refractivity contribution in [2.75, 3.05) is 0 Å². The Bertz CT molecular complexity index is 525. The highest BCUT2D eigenvalue weighted by molar-refractivity contribution is 8.93. The van der Waals surface area contributed by atoms with Gasteiger partial charge in [-0.3, -0.25) is 0 Å². The van der Waals surface area contributed by atoms with Gasteiger partial charge in [0.15, 0.2) is 0 Å². The molecule has 0 radical (unpaired) electrons. The summed E-state index contributed by atoms with van der Waals surface area (Å²) >= 11 is 0. The minimum Gasteiger partial charge on any atom is -0.406 e. The Kier molecular flexibility index (Phi) is 4.96. The zero-order chi connectivity index (χ0) is 13.2. The van der Waals surface area contributed by atoms with Gasteiger partial charge < -0.3 is 15.5 Å². The fourth-order valence-electron chi connectivity index (χ4n) is 1.45. The average molecular weight is 338 g/mol. The highest BCUT2D eigenvalue weighted by Gasteiger charge is 2.30. The van der Waals surface area contributed by atoms with E-state index in [9.17, 15) is 13.2 Å². The van der Waals surface area contributed by atoms with Gasteiger partial charge in [0.25, 0.3) is 0 Å². The summed E-state index contributed by atoms with van der Waals surface area (Å²) in [7, 11) is 0. The molecular weight excluding hydrogens is 327 g/mol. The third-order valence-corrected chi connectivity index (χ3v) is 2.22. The maximum atomic E-state index is 12.0. The zero-order valence-electron chi connectivity index (χ0n) is 9.57. The molecule has 1 aromatic carbocycles. The lowest BCUT2D eigenvalue weighted by atomic mass is 10.2. The molecule has 0 aliphatic carbocycles. The Morgan fingerprint density at radius 3 is 2.32 bits per heavy atom. The second kappa shape index (κ2) is 6.07. The standard InChI is InChI=1S/C11H10F3N3O.BrH/c12-11(13,14)18-8-3-1-7(2-4-8)9-6-16-10(5-15)17-9;/h1-4,6H,5,15H2,(H,16,17);1H. The Morgan fingerprint density at radius 1 is 1.21 bits per heavy atom. The van der Waals surface area contributed by atoms with Gasteiger partial charge in [-0.05, 0) is 29.8 Å². The van der Waals surface area contributed by atoms with E-state index >= 15 is 0 Å². The first-order valence-electron chi connectivity index (χ1n) is 5.08. The number of nitrogens with zero attached hydrogens (tertiary/aromatic N) is 1. The van der Waals surface area contributed by atoms with Crippen LogP contribution in [0, 0.1) is 0 Å². The van der Waals surface area contributed by atoms with Crippen molar-refractivity contribution < 1.29 is 17.9 Å². The number of halogens is 4. The van der Waals surface area contributed by atoms with Crippen molar-refractivity contribution in [3.8, 4) is 17.0 Å². The molecule has 0 fully saturated rings. The van der Waals surface area contributed by atoms with E-state index in [1.807, 2.05) is 0 Å². The van der Waals surface area contributed by atoms with E-state index in [0.717, 1.165) is 0 Å². The van der Waals surface area contributed by atoms with Gasteiger partial charge in [-0.15, -0.1) is 30.2 Å². The number of H-pyrrole nitrogens is 1. The van der Waals surface area contributed by atoms with E-state index in [4.69, 9.17) is 5.73 Å². The van der Waals surface area contributed by atoms with E-state index in [1.54, 1.807) is 6.20 Å². The van der Waals surface area contributed by atoms with Crippen LogP contribution >= 0.6 is 17.0 Å². The molecular formula is C11H11BrF3N3O. The molecule has 4 nitrogen and oxygen atoms in total. The van der Waals surface area contributed by atoms with Crippen molar-refractivity contribution in [1.82, 2.24) is 9.97 Å². The summed E-state index contributed by atoms with van der Waals surface area (Å²) in [5.41, 5.74) is 6.79. The maximum Gasteiger partial charge on any atom is 0.573 e. The Balaban J connectivity index is 0.00000180. The first-order chi connectivity index (χ1) is 8.48. The quantitative estimate of drug-likeness (QED) is 0.904. The van der Waals surface area contributed by atoms with Crippen LogP contribution in [0.1, 0.15) is 5.82 Å². The lowest BCUT2D eigenvalue weighted by Crippen LogP contribution is -2.16. The van der Waals surface area contributed by atoms with Crippen molar-refractivity contribution in [2.45, 2.75) is 12.9 Å². The number of imidazole rings is 1. The van der Waals surface area contributed by atoms with Crippen molar-refractivity contribution in [1.29, 1.82) is 0 Å². The predicted molar refractivity (Wildman–Crippen MR) is 68.9 cm³/mol. The molecule has 0 saturated carbocycles. The number of nitrogens with two attached hydrogens (primary N) is 1. The number of alkyl halides is 3. The molecule has 2 aromatic rings. The number of aromatic nitrogens is 2.